The molecule has 0 unspecified atom stereocenters. The fourth-order valence-electron chi connectivity index (χ4n) is 1.37. The van der Waals surface area contributed by atoms with Crippen molar-refractivity contribution in [2.75, 3.05) is 0 Å². The summed E-state index contributed by atoms with van der Waals surface area (Å²) in [5.74, 6) is -0.866. The van der Waals surface area contributed by atoms with Gasteiger partial charge in [-0.1, -0.05) is 5.57 Å². The Morgan fingerprint density at radius 2 is 2.29 bits per heavy atom. The van der Waals surface area contributed by atoms with Crippen molar-refractivity contribution in [2.24, 2.45) is 0 Å². The lowest BCUT2D eigenvalue weighted by Crippen LogP contribution is -2.09. The van der Waals surface area contributed by atoms with E-state index in [9.17, 15) is 4.79 Å². The lowest BCUT2D eigenvalue weighted by atomic mass is 10.2. The summed E-state index contributed by atoms with van der Waals surface area (Å²) >= 11 is 0. The number of aromatic nitrogens is 1. The van der Waals surface area contributed by atoms with Gasteiger partial charge in [0.15, 0.2) is 0 Å². The zero-order valence-corrected chi connectivity index (χ0v) is 8.58. The summed E-state index contributed by atoms with van der Waals surface area (Å²) in [6.45, 7) is 8.22. The first-order chi connectivity index (χ1) is 6.52. The number of aryl methyl sites for hydroxylation is 2. The molecule has 0 fully saturated rings. The van der Waals surface area contributed by atoms with E-state index in [0.29, 0.717) is 12.2 Å². The molecule has 0 amide bonds. The first kappa shape index (κ1) is 10.6. The van der Waals surface area contributed by atoms with E-state index in [-0.39, 0.29) is 0 Å². The highest BCUT2D eigenvalue weighted by Crippen LogP contribution is 2.11. The highest BCUT2D eigenvalue weighted by Gasteiger charge is 2.12. The van der Waals surface area contributed by atoms with Gasteiger partial charge in [0, 0.05) is 12.7 Å². The molecular weight excluding hydrogens is 178 g/mol. The summed E-state index contributed by atoms with van der Waals surface area (Å²) in [5, 5.41) is 8.96. The van der Waals surface area contributed by atoms with Crippen molar-refractivity contribution in [1.82, 2.24) is 4.57 Å². The van der Waals surface area contributed by atoms with Crippen LogP contribution in [0.4, 0.5) is 0 Å². The molecule has 0 aliphatic rings. The number of allylic oxidation sites excluding steroid dienone is 1. The van der Waals surface area contributed by atoms with E-state index in [1.54, 1.807) is 11.5 Å². The molecular formula is C11H15NO2. The van der Waals surface area contributed by atoms with Crippen molar-refractivity contribution >= 4 is 5.97 Å². The molecule has 76 valence electrons. The Balaban J connectivity index is 2.86. The number of nitrogens with zero attached hydrogens (tertiary/aromatic N) is 1. The lowest BCUT2D eigenvalue weighted by molar-refractivity contribution is 0.0684. The van der Waals surface area contributed by atoms with Gasteiger partial charge in [-0.25, -0.2) is 4.79 Å². The van der Waals surface area contributed by atoms with Gasteiger partial charge in [-0.3, -0.25) is 0 Å². The second-order valence-corrected chi connectivity index (χ2v) is 3.55. The number of rotatable bonds is 4. The van der Waals surface area contributed by atoms with E-state index >= 15 is 0 Å². The first-order valence-electron chi connectivity index (χ1n) is 4.55. The van der Waals surface area contributed by atoms with Gasteiger partial charge in [-0.2, -0.15) is 0 Å². The fraction of sp³-hybridized carbons (Fsp3) is 0.364. The molecule has 0 saturated heterocycles. The Hall–Kier alpha value is -1.51. The predicted octanol–water partition coefficient (Wildman–Crippen LogP) is 2.46. The molecule has 0 atom stereocenters. The van der Waals surface area contributed by atoms with Crippen molar-refractivity contribution in [3.8, 4) is 0 Å². The van der Waals surface area contributed by atoms with Crippen LogP contribution in [-0.2, 0) is 6.54 Å². The summed E-state index contributed by atoms with van der Waals surface area (Å²) in [4.78, 5) is 10.9. The number of hydrogen-bond donors (Lipinski definition) is 1. The smallest absolute Gasteiger partial charge is 0.352 e. The highest BCUT2D eigenvalue weighted by atomic mass is 16.4. The molecule has 1 aromatic rings. The molecule has 3 heteroatoms. The topological polar surface area (TPSA) is 42.2 Å². The van der Waals surface area contributed by atoms with Crippen molar-refractivity contribution < 1.29 is 9.90 Å². The van der Waals surface area contributed by atoms with Crippen molar-refractivity contribution in [3.05, 3.63) is 35.7 Å². The second-order valence-electron chi connectivity index (χ2n) is 3.55. The van der Waals surface area contributed by atoms with Gasteiger partial charge in [-0.05, 0) is 31.9 Å². The predicted molar refractivity (Wildman–Crippen MR) is 55.6 cm³/mol. The van der Waals surface area contributed by atoms with Gasteiger partial charge in [0.25, 0.3) is 0 Å². The van der Waals surface area contributed by atoms with E-state index in [0.717, 1.165) is 17.6 Å². The molecule has 0 bridgehead atoms. The maximum Gasteiger partial charge on any atom is 0.352 e. The Morgan fingerprint density at radius 3 is 2.79 bits per heavy atom. The molecule has 1 heterocycles. The van der Waals surface area contributed by atoms with Crippen LogP contribution in [0.3, 0.4) is 0 Å². The van der Waals surface area contributed by atoms with Crippen LogP contribution in [0.5, 0.6) is 0 Å². The minimum absolute atomic E-state index is 0.381. The van der Waals surface area contributed by atoms with Gasteiger partial charge in [-0.15, -0.1) is 6.58 Å². The average molecular weight is 193 g/mol. The zero-order valence-electron chi connectivity index (χ0n) is 8.58. The van der Waals surface area contributed by atoms with Crippen LogP contribution in [-0.4, -0.2) is 15.6 Å². The standard InChI is InChI=1S/C11H15NO2/c1-8(2)4-6-12-7-5-9(3)10(12)11(13)14/h5,7H,1,4,6H2,2-3H3,(H,13,14). The maximum atomic E-state index is 10.9. The normalized spacial score (nSPS) is 10.1. The summed E-state index contributed by atoms with van der Waals surface area (Å²) in [7, 11) is 0. The first-order valence-corrected chi connectivity index (χ1v) is 4.55. The van der Waals surface area contributed by atoms with Gasteiger partial charge in [0.2, 0.25) is 0 Å². The van der Waals surface area contributed by atoms with Gasteiger partial charge >= 0.3 is 5.97 Å². The van der Waals surface area contributed by atoms with Crippen LogP contribution in [0, 0.1) is 6.92 Å². The second kappa shape index (κ2) is 4.13. The molecule has 14 heavy (non-hydrogen) atoms. The fourth-order valence-corrected chi connectivity index (χ4v) is 1.37. The van der Waals surface area contributed by atoms with Gasteiger partial charge in [0.1, 0.15) is 5.69 Å². The van der Waals surface area contributed by atoms with E-state index in [1.807, 2.05) is 19.2 Å². The third kappa shape index (κ3) is 2.25. The Morgan fingerprint density at radius 1 is 1.64 bits per heavy atom. The van der Waals surface area contributed by atoms with Crippen LogP contribution in [0.2, 0.25) is 0 Å². The van der Waals surface area contributed by atoms with E-state index in [4.69, 9.17) is 5.11 Å². The molecule has 1 rings (SSSR count). The number of carboxylic acid groups (broad SMARTS) is 1. The largest absolute Gasteiger partial charge is 0.477 e. The molecule has 0 spiro atoms. The van der Waals surface area contributed by atoms with Crippen molar-refractivity contribution in [3.63, 3.8) is 0 Å². The van der Waals surface area contributed by atoms with Crippen molar-refractivity contribution in [2.45, 2.75) is 26.8 Å². The Bertz CT molecular complexity index is 363. The molecule has 0 aliphatic heterocycles. The molecule has 0 radical (unpaired) electrons. The van der Waals surface area contributed by atoms with Crippen LogP contribution in [0.25, 0.3) is 0 Å². The monoisotopic (exact) mass is 193 g/mol. The summed E-state index contributed by atoms with van der Waals surface area (Å²) < 4.78 is 1.76. The quantitative estimate of drug-likeness (QED) is 0.746. The zero-order chi connectivity index (χ0) is 10.7. The Labute approximate surface area is 83.7 Å². The van der Waals surface area contributed by atoms with Gasteiger partial charge in [0.05, 0.1) is 0 Å². The number of carbonyl (C=O) groups is 1. The van der Waals surface area contributed by atoms with Crippen molar-refractivity contribution in [1.29, 1.82) is 0 Å². The molecule has 3 nitrogen and oxygen atoms in total. The number of carboxylic acids is 1. The lowest BCUT2D eigenvalue weighted by Gasteiger charge is -2.06. The van der Waals surface area contributed by atoms with Crippen LogP contribution in [0.15, 0.2) is 24.4 Å². The summed E-state index contributed by atoms with van der Waals surface area (Å²) in [5.41, 5.74) is 2.25. The minimum atomic E-state index is -0.866. The number of hydrogen-bond acceptors (Lipinski definition) is 1. The average Bonchev–Trinajstić information content (AvgIpc) is 2.43. The summed E-state index contributed by atoms with van der Waals surface area (Å²) in [6.07, 6.45) is 2.62. The van der Waals surface area contributed by atoms with Crippen LogP contribution in [0.1, 0.15) is 29.4 Å². The van der Waals surface area contributed by atoms with Crippen LogP contribution >= 0.6 is 0 Å². The van der Waals surface area contributed by atoms with E-state index in [2.05, 4.69) is 6.58 Å². The van der Waals surface area contributed by atoms with E-state index < -0.39 is 5.97 Å². The molecule has 1 N–H and O–H groups in total. The summed E-state index contributed by atoms with van der Waals surface area (Å²) in [6, 6.07) is 1.82. The molecule has 0 saturated carbocycles. The molecule has 1 aromatic heterocycles. The van der Waals surface area contributed by atoms with Crippen LogP contribution < -0.4 is 0 Å². The molecule has 0 aromatic carbocycles. The van der Waals surface area contributed by atoms with Gasteiger partial charge < -0.3 is 9.67 Å². The number of aromatic carboxylic acids is 1. The third-order valence-electron chi connectivity index (χ3n) is 2.15. The van der Waals surface area contributed by atoms with E-state index in [1.165, 1.54) is 0 Å². The Kier molecular flexibility index (Phi) is 3.12. The molecule has 0 aliphatic carbocycles. The minimum Gasteiger partial charge on any atom is -0.477 e. The SMILES string of the molecule is C=C(C)CCn1ccc(C)c1C(=O)O. The third-order valence-corrected chi connectivity index (χ3v) is 2.15. The maximum absolute atomic E-state index is 10.9. The highest BCUT2D eigenvalue weighted by molar-refractivity contribution is 5.87.